The van der Waals surface area contributed by atoms with Crippen LogP contribution in [0.4, 0.5) is 0 Å². The average molecular weight is 328 g/mol. The first-order valence-corrected chi connectivity index (χ1v) is 7.55. The summed E-state index contributed by atoms with van der Waals surface area (Å²) in [5.41, 5.74) is 1.60. The quantitative estimate of drug-likeness (QED) is 0.843. The van der Waals surface area contributed by atoms with Gasteiger partial charge in [-0.25, -0.2) is 4.79 Å². The molecule has 6 heteroatoms. The number of carbonyl (C=O) groups excluding carboxylic acids is 1. The molecule has 2 rings (SSSR count). The molecule has 126 valence electrons. The molecule has 1 atom stereocenters. The van der Waals surface area contributed by atoms with E-state index in [1.807, 2.05) is 30.3 Å². The largest absolute Gasteiger partial charge is 0.478 e. The minimum Gasteiger partial charge on any atom is -0.478 e. The van der Waals surface area contributed by atoms with Gasteiger partial charge in [0.2, 0.25) is 0 Å². The Balaban J connectivity index is 2.24. The number of hydrogen-bond acceptors (Lipinski definition) is 4. The normalized spacial score (nSPS) is 11.8. The van der Waals surface area contributed by atoms with Crippen molar-refractivity contribution < 1.29 is 19.8 Å². The molecule has 0 saturated carbocycles. The lowest BCUT2D eigenvalue weighted by Gasteiger charge is -2.27. The number of aromatic carboxylic acids is 1. The van der Waals surface area contributed by atoms with Crippen molar-refractivity contribution in [2.75, 3.05) is 13.7 Å². The molecule has 0 fully saturated rings. The SMILES string of the molecule is Cc1c(C(=O)O)cncc1C(=O)N(C)C(CO)Cc1ccccc1. The summed E-state index contributed by atoms with van der Waals surface area (Å²) in [5, 5.41) is 18.8. The first kappa shape index (κ1) is 17.6. The number of benzene rings is 1. The van der Waals surface area contributed by atoms with E-state index in [2.05, 4.69) is 4.98 Å². The molecule has 2 aromatic rings. The van der Waals surface area contributed by atoms with Crippen LogP contribution in [0.1, 0.15) is 31.8 Å². The van der Waals surface area contributed by atoms with Gasteiger partial charge in [0, 0.05) is 19.4 Å². The average Bonchev–Trinajstić information content (AvgIpc) is 2.59. The zero-order valence-corrected chi connectivity index (χ0v) is 13.6. The van der Waals surface area contributed by atoms with Crippen molar-refractivity contribution in [1.82, 2.24) is 9.88 Å². The van der Waals surface area contributed by atoms with Gasteiger partial charge < -0.3 is 15.1 Å². The number of carboxylic acids is 1. The smallest absolute Gasteiger partial charge is 0.337 e. The van der Waals surface area contributed by atoms with Crippen molar-refractivity contribution in [3.63, 3.8) is 0 Å². The number of aliphatic hydroxyl groups is 1. The minimum atomic E-state index is -1.12. The molecule has 1 aromatic carbocycles. The third-order valence-electron chi connectivity index (χ3n) is 4.07. The summed E-state index contributed by atoms with van der Waals surface area (Å²) in [4.78, 5) is 29.2. The highest BCUT2D eigenvalue weighted by Gasteiger charge is 2.24. The lowest BCUT2D eigenvalue weighted by molar-refractivity contribution is 0.0659. The topological polar surface area (TPSA) is 90.7 Å². The summed E-state index contributed by atoms with van der Waals surface area (Å²) in [6, 6.07) is 9.15. The van der Waals surface area contributed by atoms with Crippen molar-refractivity contribution in [3.8, 4) is 0 Å². The van der Waals surface area contributed by atoms with Crippen LogP contribution >= 0.6 is 0 Å². The van der Waals surface area contributed by atoms with E-state index in [9.17, 15) is 14.7 Å². The van der Waals surface area contributed by atoms with E-state index in [4.69, 9.17) is 5.11 Å². The number of carboxylic acid groups (broad SMARTS) is 1. The van der Waals surface area contributed by atoms with Gasteiger partial charge >= 0.3 is 5.97 Å². The Morgan fingerprint density at radius 3 is 2.38 bits per heavy atom. The summed E-state index contributed by atoms with van der Waals surface area (Å²) in [6.45, 7) is 1.39. The molecular weight excluding hydrogens is 308 g/mol. The van der Waals surface area contributed by atoms with Crippen LogP contribution < -0.4 is 0 Å². The van der Waals surface area contributed by atoms with Gasteiger partial charge in [0.25, 0.3) is 5.91 Å². The van der Waals surface area contributed by atoms with Crippen LogP contribution in [0.3, 0.4) is 0 Å². The maximum Gasteiger partial charge on any atom is 0.337 e. The highest BCUT2D eigenvalue weighted by Crippen LogP contribution is 2.16. The van der Waals surface area contributed by atoms with Crippen LogP contribution in [0.5, 0.6) is 0 Å². The molecule has 0 spiro atoms. The fourth-order valence-corrected chi connectivity index (χ4v) is 2.52. The first-order chi connectivity index (χ1) is 11.5. The molecule has 1 unspecified atom stereocenters. The Bertz CT molecular complexity index is 731. The van der Waals surface area contributed by atoms with Gasteiger partial charge in [-0.3, -0.25) is 9.78 Å². The molecule has 1 amide bonds. The number of nitrogens with zero attached hydrogens (tertiary/aromatic N) is 2. The third kappa shape index (κ3) is 3.78. The van der Waals surface area contributed by atoms with E-state index in [1.54, 1.807) is 14.0 Å². The number of carbonyl (C=O) groups is 2. The molecule has 0 aliphatic carbocycles. The van der Waals surface area contributed by atoms with E-state index in [0.29, 0.717) is 12.0 Å². The van der Waals surface area contributed by atoms with Gasteiger partial charge in [0.15, 0.2) is 0 Å². The number of pyridine rings is 1. The van der Waals surface area contributed by atoms with Gasteiger partial charge in [0.05, 0.1) is 23.8 Å². The van der Waals surface area contributed by atoms with Crippen molar-refractivity contribution in [1.29, 1.82) is 0 Å². The van der Waals surface area contributed by atoms with E-state index < -0.39 is 12.0 Å². The summed E-state index contributed by atoms with van der Waals surface area (Å²) in [5.74, 6) is -1.49. The monoisotopic (exact) mass is 328 g/mol. The highest BCUT2D eigenvalue weighted by molar-refractivity contribution is 5.99. The number of amides is 1. The second-order valence-corrected chi connectivity index (χ2v) is 5.61. The number of hydrogen-bond donors (Lipinski definition) is 2. The van der Waals surface area contributed by atoms with Crippen LogP contribution in [-0.4, -0.2) is 51.7 Å². The zero-order valence-electron chi connectivity index (χ0n) is 13.6. The van der Waals surface area contributed by atoms with Crippen LogP contribution in [0.15, 0.2) is 42.7 Å². The number of aliphatic hydroxyl groups excluding tert-OH is 1. The van der Waals surface area contributed by atoms with Gasteiger partial charge in [-0.1, -0.05) is 30.3 Å². The molecule has 1 heterocycles. The summed E-state index contributed by atoms with van der Waals surface area (Å²) in [7, 11) is 1.60. The summed E-state index contributed by atoms with van der Waals surface area (Å²) < 4.78 is 0. The summed E-state index contributed by atoms with van der Waals surface area (Å²) in [6.07, 6.45) is 3.09. The van der Waals surface area contributed by atoms with Gasteiger partial charge in [-0.05, 0) is 24.5 Å². The Morgan fingerprint density at radius 2 is 1.79 bits per heavy atom. The Hall–Kier alpha value is -2.73. The van der Waals surface area contributed by atoms with Crippen LogP contribution in [0.25, 0.3) is 0 Å². The van der Waals surface area contributed by atoms with Crippen molar-refractivity contribution >= 4 is 11.9 Å². The Labute approximate surface area is 140 Å². The van der Waals surface area contributed by atoms with Gasteiger partial charge in [-0.2, -0.15) is 0 Å². The van der Waals surface area contributed by atoms with Crippen molar-refractivity contribution in [2.24, 2.45) is 0 Å². The molecule has 0 bridgehead atoms. The second kappa shape index (κ2) is 7.70. The highest BCUT2D eigenvalue weighted by atomic mass is 16.4. The van der Waals surface area contributed by atoms with Crippen molar-refractivity contribution in [3.05, 3.63) is 65.0 Å². The third-order valence-corrected chi connectivity index (χ3v) is 4.07. The first-order valence-electron chi connectivity index (χ1n) is 7.55. The Morgan fingerprint density at radius 1 is 1.17 bits per heavy atom. The van der Waals surface area contributed by atoms with E-state index >= 15 is 0 Å². The fraction of sp³-hybridized carbons (Fsp3) is 0.278. The minimum absolute atomic E-state index is 0.00198. The zero-order chi connectivity index (χ0) is 17.7. The molecule has 1 aromatic heterocycles. The molecule has 0 saturated heterocycles. The maximum absolute atomic E-state index is 12.7. The van der Waals surface area contributed by atoms with Gasteiger partial charge in [-0.15, -0.1) is 0 Å². The molecular formula is C18H20N2O4. The molecule has 0 aliphatic heterocycles. The van der Waals surface area contributed by atoms with Crippen LogP contribution in [-0.2, 0) is 6.42 Å². The predicted molar refractivity (Wildman–Crippen MR) is 89.0 cm³/mol. The molecule has 2 N–H and O–H groups in total. The van der Waals surface area contributed by atoms with Crippen LogP contribution in [0.2, 0.25) is 0 Å². The maximum atomic E-state index is 12.7. The standard InChI is InChI=1S/C18H20N2O4/c1-12-15(9-19-10-16(12)18(23)24)17(22)20(2)14(11-21)8-13-6-4-3-5-7-13/h3-7,9-10,14,21H,8,11H2,1-2H3,(H,23,24). The van der Waals surface area contributed by atoms with Gasteiger partial charge in [0.1, 0.15) is 0 Å². The molecule has 6 nitrogen and oxygen atoms in total. The molecule has 0 radical (unpaired) electrons. The van der Waals surface area contributed by atoms with Crippen molar-refractivity contribution in [2.45, 2.75) is 19.4 Å². The lowest BCUT2D eigenvalue weighted by atomic mass is 10.0. The Kier molecular flexibility index (Phi) is 5.65. The predicted octanol–water partition coefficient (Wildman–Crippen LogP) is 1.76. The molecule has 0 aliphatic rings. The summed E-state index contributed by atoms with van der Waals surface area (Å²) >= 11 is 0. The van der Waals surface area contributed by atoms with E-state index in [0.717, 1.165) is 5.56 Å². The fourth-order valence-electron chi connectivity index (χ4n) is 2.52. The number of likely N-dealkylation sites (N-methyl/N-ethyl adjacent to an activating group) is 1. The molecule has 24 heavy (non-hydrogen) atoms. The number of aromatic nitrogens is 1. The lowest BCUT2D eigenvalue weighted by Crippen LogP contribution is -2.41. The van der Waals surface area contributed by atoms with E-state index in [1.165, 1.54) is 17.3 Å². The number of rotatable bonds is 6. The van der Waals surface area contributed by atoms with E-state index in [-0.39, 0.29) is 23.6 Å². The van der Waals surface area contributed by atoms with Crippen LogP contribution in [0, 0.1) is 6.92 Å². The second-order valence-electron chi connectivity index (χ2n) is 5.61.